The average molecular weight is 406 g/mol. The van der Waals surface area contributed by atoms with Gasteiger partial charge in [0.15, 0.2) is 11.5 Å². The first kappa shape index (κ1) is 20.3. The van der Waals surface area contributed by atoms with Crippen molar-refractivity contribution in [1.82, 2.24) is 4.90 Å². The van der Waals surface area contributed by atoms with Crippen LogP contribution in [0.4, 0.5) is 0 Å². The maximum atomic E-state index is 11.9. The molecule has 2 aromatic carbocycles. The number of methoxy groups -OCH3 is 3. The third-order valence-corrected chi connectivity index (χ3v) is 5.36. The number of carboxylic acids is 1. The topological polar surface area (TPSA) is 68.2 Å². The van der Waals surface area contributed by atoms with E-state index in [1.807, 2.05) is 29.2 Å². The lowest BCUT2D eigenvalue weighted by Gasteiger charge is -2.34. The summed E-state index contributed by atoms with van der Waals surface area (Å²) in [7, 11) is 4.74. The number of carbonyl (C=O) groups is 1. The van der Waals surface area contributed by atoms with Crippen molar-refractivity contribution in [3.05, 3.63) is 52.5 Å². The highest BCUT2D eigenvalue weighted by atomic mass is 35.5. The number of carboxylic acid groups (broad SMARTS) is 1. The predicted molar refractivity (Wildman–Crippen MR) is 107 cm³/mol. The number of likely N-dealkylation sites (tertiary alicyclic amines) is 1. The van der Waals surface area contributed by atoms with Crippen LogP contribution in [0.3, 0.4) is 0 Å². The molecule has 0 bridgehead atoms. The molecule has 1 N–H and O–H groups in total. The number of nitrogens with zero attached hydrogens (tertiary/aromatic N) is 1. The van der Waals surface area contributed by atoms with E-state index in [4.69, 9.17) is 25.8 Å². The Kier molecular flexibility index (Phi) is 6.31. The van der Waals surface area contributed by atoms with Gasteiger partial charge >= 0.3 is 5.97 Å². The van der Waals surface area contributed by atoms with E-state index < -0.39 is 18.1 Å². The number of hydrogen-bond donors (Lipinski definition) is 1. The molecule has 1 aliphatic heterocycles. The van der Waals surface area contributed by atoms with Crippen LogP contribution in [0.25, 0.3) is 0 Å². The maximum Gasteiger partial charge on any atom is 0.320 e. The Morgan fingerprint density at radius 1 is 1.11 bits per heavy atom. The molecule has 6 nitrogen and oxygen atoms in total. The third-order valence-electron chi connectivity index (χ3n) is 5.13. The number of aliphatic carboxylic acids is 1. The zero-order valence-electron chi connectivity index (χ0n) is 16.1. The van der Waals surface area contributed by atoms with Gasteiger partial charge in [-0.15, -0.1) is 0 Å². The molecule has 0 spiro atoms. The van der Waals surface area contributed by atoms with Gasteiger partial charge in [-0.05, 0) is 37.1 Å². The Hall–Kier alpha value is -2.44. The maximum absolute atomic E-state index is 11.9. The van der Waals surface area contributed by atoms with Crippen molar-refractivity contribution in [2.24, 2.45) is 0 Å². The second kappa shape index (κ2) is 8.71. The summed E-state index contributed by atoms with van der Waals surface area (Å²) in [5.41, 5.74) is 1.59. The average Bonchev–Trinajstić information content (AvgIpc) is 3.18. The molecule has 2 aromatic rings. The molecule has 1 heterocycles. The van der Waals surface area contributed by atoms with Gasteiger partial charge in [0.1, 0.15) is 11.8 Å². The van der Waals surface area contributed by atoms with Crippen LogP contribution in [0.2, 0.25) is 5.02 Å². The van der Waals surface area contributed by atoms with Crippen LogP contribution < -0.4 is 14.2 Å². The molecule has 7 heteroatoms. The van der Waals surface area contributed by atoms with Crippen LogP contribution in [0, 0.1) is 0 Å². The van der Waals surface area contributed by atoms with Gasteiger partial charge < -0.3 is 19.3 Å². The van der Waals surface area contributed by atoms with Crippen molar-refractivity contribution >= 4 is 17.6 Å². The van der Waals surface area contributed by atoms with E-state index in [-0.39, 0.29) is 0 Å². The number of ether oxygens (including phenoxy) is 3. The molecule has 1 saturated heterocycles. The van der Waals surface area contributed by atoms with Crippen molar-refractivity contribution in [2.75, 3.05) is 27.9 Å². The normalized spacial score (nSPS) is 17.9. The minimum atomic E-state index is -0.842. The summed E-state index contributed by atoms with van der Waals surface area (Å²) in [5, 5.41) is 10.3. The standard InChI is InChI=1S/C21H24ClNO5/c1-26-17-10-9-13(22)12-15(17)19(23-11-5-7-16(23)21(24)25)14-6-4-8-18(27-2)20(14)28-3/h4,6,8-10,12,16,19H,5,7,11H2,1-3H3,(H,24,25). The Morgan fingerprint density at radius 3 is 2.50 bits per heavy atom. The Balaban J connectivity index is 2.25. The molecular formula is C21H24ClNO5. The lowest BCUT2D eigenvalue weighted by atomic mass is 9.94. The van der Waals surface area contributed by atoms with Crippen LogP contribution >= 0.6 is 11.6 Å². The molecule has 0 amide bonds. The van der Waals surface area contributed by atoms with E-state index >= 15 is 0 Å². The number of rotatable bonds is 7. The lowest BCUT2D eigenvalue weighted by molar-refractivity contribution is -0.142. The largest absolute Gasteiger partial charge is 0.496 e. The predicted octanol–water partition coefficient (Wildman–Crippen LogP) is 4.00. The van der Waals surface area contributed by atoms with Gasteiger partial charge in [0.2, 0.25) is 0 Å². The van der Waals surface area contributed by atoms with Gasteiger partial charge in [-0.1, -0.05) is 23.7 Å². The molecule has 0 saturated carbocycles. The van der Waals surface area contributed by atoms with Gasteiger partial charge in [0.05, 0.1) is 27.4 Å². The van der Waals surface area contributed by atoms with E-state index in [9.17, 15) is 9.90 Å². The number of halogens is 1. The fraction of sp³-hybridized carbons (Fsp3) is 0.381. The van der Waals surface area contributed by atoms with Crippen molar-refractivity contribution < 1.29 is 24.1 Å². The minimum absolute atomic E-state index is 0.415. The summed E-state index contributed by atoms with van der Waals surface area (Å²) in [6.45, 7) is 0.637. The molecule has 1 aliphatic rings. The second-order valence-corrected chi connectivity index (χ2v) is 7.04. The molecule has 0 aromatic heterocycles. The number of hydrogen-bond acceptors (Lipinski definition) is 5. The van der Waals surface area contributed by atoms with Crippen LogP contribution in [-0.4, -0.2) is 49.9 Å². The van der Waals surface area contributed by atoms with Crippen LogP contribution in [-0.2, 0) is 4.79 Å². The first-order valence-corrected chi connectivity index (χ1v) is 9.42. The first-order chi connectivity index (χ1) is 13.5. The van der Waals surface area contributed by atoms with Crippen molar-refractivity contribution in [1.29, 1.82) is 0 Å². The molecule has 2 unspecified atom stereocenters. The van der Waals surface area contributed by atoms with Crippen molar-refractivity contribution in [3.8, 4) is 17.2 Å². The Morgan fingerprint density at radius 2 is 1.86 bits per heavy atom. The van der Waals surface area contributed by atoms with Crippen LogP contribution in [0.1, 0.15) is 30.0 Å². The zero-order valence-corrected chi connectivity index (χ0v) is 16.9. The number of para-hydroxylation sites is 1. The van der Waals surface area contributed by atoms with Crippen molar-refractivity contribution in [2.45, 2.75) is 24.9 Å². The summed E-state index contributed by atoms with van der Waals surface area (Å²) in [5.74, 6) is 0.936. The summed E-state index contributed by atoms with van der Waals surface area (Å²) in [6, 6.07) is 9.95. The summed E-state index contributed by atoms with van der Waals surface area (Å²) >= 11 is 6.30. The van der Waals surface area contributed by atoms with E-state index in [2.05, 4.69) is 0 Å². The highest BCUT2D eigenvalue weighted by molar-refractivity contribution is 6.30. The minimum Gasteiger partial charge on any atom is -0.496 e. The Labute approximate surface area is 169 Å². The second-order valence-electron chi connectivity index (χ2n) is 6.61. The molecule has 3 rings (SSSR count). The quantitative estimate of drug-likeness (QED) is 0.750. The molecule has 0 aliphatic carbocycles. The molecule has 28 heavy (non-hydrogen) atoms. The first-order valence-electron chi connectivity index (χ1n) is 9.04. The van der Waals surface area contributed by atoms with Gasteiger partial charge in [0, 0.05) is 22.7 Å². The summed E-state index contributed by atoms with van der Waals surface area (Å²) in [4.78, 5) is 13.9. The third kappa shape index (κ3) is 3.75. The highest BCUT2D eigenvalue weighted by Gasteiger charge is 2.39. The summed E-state index contributed by atoms with van der Waals surface area (Å²) < 4.78 is 16.7. The van der Waals surface area contributed by atoms with Crippen LogP contribution in [0.15, 0.2) is 36.4 Å². The van der Waals surface area contributed by atoms with Gasteiger partial charge in [-0.2, -0.15) is 0 Å². The van der Waals surface area contributed by atoms with E-state index in [0.29, 0.717) is 35.2 Å². The fourth-order valence-corrected chi connectivity index (χ4v) is 4.11. The van der Waals surface area contributed by atoms with E-state index in [1.54, 1.807) is 33.5 Å². The molecule has 2 atom stereocenters. The van der Waals surface area contributed by atoms with E-state index in [0.717, 1.165) is 17.5 Å². The summed E-state index contributed by atoms with van der Waals surface area (Å²) in [6.07, 6.45) is 1.38. The van der Waals surface area contributed by atoms with Crippen molar-refractivity contribution in [3.63, 3.8) is 0 Å². The fourth-order valence-electron chi connectivity index (χ4n) is 3.93. The van der Waals surface area contributed by atoms with Gasteiger partial charge in [-0.3, -0.25) is 9.69 Å². The molecule has 1 fully saturated rings. The van der Waals surface area contributed by atoms with Crippen LogP contribution in [0.5, 0.6) is 17.2 Å². The van der Waals surface area contributed by atoms with E-state index in [1.165, 1.54) is 0 Å². The number of benzene rings is 2. The molecule has 0 radical (unpaired) electrons. The highest BCUT2D eigenvalue weighted by Crippen LogP contribution is 2.45. The van der Waals surface area contributed by atoms with Gasteiger partial charge in [0.25, 0.3) is 0 Å². The smallest absolute Gasteiger partial charge is 0.320 e. The molecule has 150 valence electrons. The van der Waals surface area contributed by atoms with Gasteiger partial charge in [-0.25, -0.2) is 0 Å². The Bertz CT molecular complexity index is 857. The zero-order chi connectivity index (χ0) is 20.3. The molecular weight excluding hydrogens is 382 g/mol. The lowest BCUT2D eigenvalue weighted by Crippen LogP contribution is -2.39. The SMILES string of the molecule is COc1ccc(Cl)cc1C(c1cccc(OC)c1OC)N1CCCC1C(=O)O. The monoisotopic (exact) mass is 405 g/mol.